The third-order valence-electron chi connectivity index (χ3n) is 1.86. The number of primary amides is 1. The van der Waals surface area contributed by atoms with E-state index in [2.05, 4.69) is 0 Å². The SMILES string of the molecule is COCCc1ccccc1C(N)=O. The zero-order valence-electron chi connectivity index (χ0n) is 7.62. The standard InChI is InChI=1S/C10H13NO2/c1-13-7-6-8-4-2-3-5-9(8)10(11)12/h2-5H,6-7H2,1H3,(H2,11,12). The molecule has 0 aliphatic carbocycles. The molecule has 1 amide bonds. The topological polar surface area (TPSA) is 52.3 Å². The van der Waals surface area contributed by atoms with Crippen LogP contribution in [0.2, 0.25) is 0 Å². The van der Waals surface area contributed by atoms with Gasteiger partial charge in [-0.15, -0.1) is 0 Å². The van der Waals surface area contributed by atoms with Crippen molar-refractivity contribution in [3.05, 3.63) is 35.4 Å². The van der Waals surface area contributed by atoms with Crippen molar-refractivity contribution in [1.29, 1.82) is 0 Å². The Hall–Kier alpha value is -1.35. The third-order valence-corrected chi connectivity index (χ3v) is 1.86. The number of carbonyl (C=O) groups is 1. The van der Waals surface area contributed by atoms with Gasteiger partial charge in [-0.2, -0.15) is 0 Å². The summed E-state index contributed by atoms with van der Waals surface area (Å²) in [5, 5.41) is 0. The van der Waals surface area contributed by atoms with Crippen molar-refractivity contribution in [1.82, 2.24) is 0 Å². The van der Waals surface area contributed by atoms with Gasteiger partial charge in [0, 0.05) is 12.7 Å². The molecule has 1 rings (SSSR count). The molecular weight excluding hydrogens is 166 g/mol. The molecule has 0 fully saturated rings. The lowest BCUT2D eigenvalue weighted by atomic mass is 10.0. The average Bonchev–Trinajstić information content (AvgIpc) is 2.15. The zero-order valence-corrected chi connectivity index (χ0v) is 7.62. The van der Waals surface area contributed by atoms with Crippen LogP contribution in [0.25, 0.3) is 0 Å². The molecule has 0 radical (unpaired) electrons. The Labute approximate surface area is 77.5 Å². The van der Waals surface area contributed by atoms with Gasteiger partial charge in [0.15, 0.2) is 0 Å². The van der Waals surface area contributed by atoms with Crippen molar-refractivity contribution >= 4 is 5.91 Å². The highest BCUT2D eigenvalue weighted by Crippen LogP contribution is 2.08. The van der Waals surface area contributed by atoms with Gasteiger partial charge in [-0.3, -0.25) is 4.79 Å². The number of methoxy groups -OCH3 is 1. The van der Waals surface area contributed by atoms with Crippen LogP contribution in [0.4, 0.5) is 0 Å². The Kier molecular flexibility index (Phi) is 3.46. The molecule has 0 saturated carbocycles. The maximum Gasteiger partial charge on any atom is 0.248 e. The van der Waals surface area contributed by atoms with Gasteiger partial charge in [0.05, 0.1) is 6.61 Å². The van der Waals surface area contributed by atoms with Crippen LogP contribution in [0, 0.1) is 0 Å². The first kappa shape index (κ1) is 9.74. The Morgan fingerprint density at radius 2 is 2.15 bits per heavy atom. The van der Waals surface area contributed by atoms with E-state index in [0.717, 1.165) is 12.0 Å². The Balaban J connectivity index is 2.84. The number of hydrogen-bond acceptors (Lipinski definition) is 2. The van der Waals surface area contributed by atoms with E-state index in [1.165, 1.54) is 0 Å². The minimum Gasteiger partial charge on any atom is -0.384 e. The second-order valence-electron chi connectivity index (χ2n) is 2.76. The van der Waals surface area contributed by atoms with Gasteiger partial charge in [-0.1, -0.05) is 18.2 Å². The molecule has 2 N–H and O–H groups in total. The van der Waals surface area contributed by atoms with Gasteiger partial charge in [-0.25, -0.2) is 0 Å². The highest BCUT2D eigenvalue weighted by Gasteiger charge is 2.05. The van der Waals surface area contributed by atoms with E-state index >= 15 is 0 Å². The van der Waals surface area contributed by atoms with Crippen LogP contribution in [0.1, 0.15) is 15.9 Å². The monoisotopic (exact) mass is 179 g/mol. The van der Waals surface area contributed by atoms with Gasteiger partial charge in [-0.05, 0) is 18.1 Å². The number of carbonyl (C=O) groups excluding carboxylic acids is 1. The van der Waals surface area contributed by atoms with E-state index < -0.39 is 0 Å². The van der Waals surface area contributed by atoms with Crippen LogP contribution in [0.3, 0.4) is 0 Å². The molecule has 0 atom stereocenters. The molecule has 0 spiro atoms. The van der Waals surface area contributed by atoms with E-state index in [-0.39, 0.29) is 5.91 Å². The number of rotatable bonds is 4. The summed E-state index contributed by atoms with van der Waals surface area (Å²) in [6.45, 7) is 0.601. The molecule has 1 aromatic carbocycles. The molecule has 0 bridgehead atoms. The van der Waals surface area contributed by atoms with Gasteiger partial charge >= 0.3 is 0 Å². The van der Waals surface area contributed by atoms with Crippen molar-refractivity contribution in [2.24, 2.45) is 5.73 Å². The van der Waals surface area contributed by atoms with Crippen molar-refractivity contribution in [3.8, 4) is 0 Å². The van der Waals surface area contributed by atoms with E-state index in [9.17, 15) is 4.79 Å². The molecule has 0 aromatic heterocycles. The molecule has 13 heavy (non-hydrogen) atoms. The fourth-order valence-electron chi connectivity index (χ4n) is 1.19. The summed E-state index contributed by atoms with van der Waals surface area (Å²) in [7, 11) is 1.63. The molecule has 70 valence electrons. The van der Waals surface area contributed by atoms with Crippen molar-refractivity contribution in [2.75, 3.05) is 13.7 Å². The first-order valence-corrected chi connectivity index (χ1v) is 4.12. The number of amides is 1. The maximum absolute atomic E-state index is 11.0. The van der Waals surface area contributed by atoms with Crippen LogP contribution < -0.4 is 5.73 Å². The molecule has 1 aromatic rings. The zero-order chi connectivity index (χ0) is 9.68. The maximum atomic E-state index is 11.0. The minimum atomic E-state index is -0.383. The first-order valence-electron chi connectivity index (χ1n) is 4.12. The molecular formula is C10H13NO2. The molecule has 0 aliphatic heterocycles. The highest BCUT2D eigenvalue weighted by molar-refractivity contribution is 5.94. The van der Waals surface area contributed by atoms with E-state index in [0.29, 0.717) is 12.2 Å². The van der Waals surface area contributed by atoms with Crippen LogP contribution in [-0.4, -0.2) is 19.6 Å². The van der Waals surface area contributed by atoms with Gasteiger partial charge in [0.2, 0.25) is 5.91 Å². The lowest BCUT2D eigenvalue weighted by Gasteiger charge is -2.04. The molecule has 3 heteroatoms. The van der Waals surface area contributed by atoms with E-state index in [4.69, 9.17) is 10.5 Å². The molecule has 0 heterocycles. The molecule has 0 aliphatic rings. The molecule has 0 saturated heterocycles. The fraction of sp³-hybridized carbons (Fsp3) is 0.300. The minimum absolute atomic E-state index is 0.383. The Morgan fingerprint density at radius 1 is 1.46 bits per heavy atom. The van der Waals surface area contributed by atoms with Crippen LogP contribution >= 0.6 is 0 Å². The Morgan fingerprint density at radius 3 is 2.77 bits per heavy atom. The number of ether oxygens (including phenoxy) is 1. The molecule has 3 nitrogen and oxygen atoms in total. The number of hydrogen-bond donors (Lipinski definition) is 1. The average molecular weight is 179 g/mol. The van der Waals surface area contributed by atoms with Crippen LogP contribution in [0.5, 0.6) is 0 Å². The second-order valence-corrected chi connectivity index (χ2v) is 2.76. The first-order chi connectivity index (χ1) is 6.25. The second kappa shape index (κ2) is 4.62. The van der Waals surface area contributed by atoms with Crippen LogP contribution in [0.15, 0.2) is 24.3 Å². The van der Waals surface area contributed by atoms with E-state index in [1.54, 1.807) is 19.2 Å². The lowest BCUT2D eigenvalue weighted by Crippen LogP contribution is -2.14. The van der Waals surface area contributed by atoms with Gasteiger partial charge < -0.3 is 10.5 Å². The summed E-state index contributed by atoms with van der Waals surface area (Å²) in [6, 6.07) is 7.31. The third kappa shape index (κ3) is 2.56. The lowest BCUT2D eigenvalue weighted by molar-refractivity contribution is 0.0999. The summed E-state index contributed by atoms with van der Waals surface area (Å²) >= 11 is 0. The summed E-state index contributed by atoms with van der Waals surface area (Å²) < 4.78 is 4.93. The number of nitrogens with two attached hydrogens (primary N) is 1. The van der Waals surface area contributed by atoms with Crippen molar-refractivity contribution in [3.63, 3.8) is 0 Å². The Bertz CT molecular complexity index is 297. The number of benzene rings is 1. The smallest absolute Gasteiger partial charge is 0.248 e. The van der Waals surface area contributed by atoms with Gasteiger partial charge in [0.25, 0.3) is 0 Å². The largest absolute Gasteiger partial charge is 0.384 e. The predicted octanol–water partition coefficient (Wildman–Crippen LogP) is 0.974. The fourth-order valence-corrected chi connectivity index (χ4v) is 1.19. The van der Waals surface area contributed by atoms with Crippen molar-refractivity contribution in [2.45, 2.75) is 6.42 Å². The van der Waals surface area contributed by atoms with Gasteiger partial charge in [0.1, 0.15) is 0 Å². The predicted molar refractivity (Wildman–Crippen MR) is 50.5 cm³/mol. The van der Waals surface area contributed by atoms with Crippen molar-refractivity contribution < 1.29 is 9.53 Å². The summed E-state index contributed by atoms with van der Waals surface area (Å²) in [5.41, 5.74) is 6.73. The summed E-state index contributed by atoms with van der Waals surface area (Å²) in [5.74, 6) is -0.383. The quantitative estimate of drug-likeness (QED) is 0.748. The normalized spacial score (nSPS) is 9.92. The summed E-state index contributed by atoms with van der Waals surface area (Å²) in [6.07, 6.45) is 0.718. The molecule has 0 unspecified atom stereocenters. The van der Waals surface area contributed by atoms with E-state index in [1.807, 2.05) is 12.1 Å². The highest BCUT2D eigenvalue weighted by atomic mass is 16.5. The van der Waals surface area contributed by atoms with Crippen LogP contribution in [-0.2, 0) is 11.2 Å². The summed E-state index contributed by atoms with van der Waals surface area (Å²) in [4.78, 5) is 11.0.